The van der Waals surface area contributed by atoms with E-state index in [-0.39, 0.29) is 11.5 Å². The van der Waals surface area contributed by atoms with Gasteiger partial charge in [0.1, 0.15) is 5.60 Å². The molecule has 24 heavy (non-hydrogen) atoms. The van der Waals surface area contributed by atoms with Gasteiger partial charge in [0.25, 0.3) is 0 Å². The number of nitrogens with zero attached hydrogens (tertiary/aromatic N) is 1. The zero-order valence-electron chi connectivity index (χ0n) is 15.8. The first-order chi connectivity index (χ1) is 11.1. The normalized spacial score (nSPS) is 15.0. The fourth-order valence-electron chi connectivity index (χ4n) is 2.66. The van der Waals surface area contributed by atoms with Crippen molar-refractivity contribution in [3.63, 3.8) is 0 Å². The Morgan fingerprint density at radius 2 is 1.75 bits per heavy atom. The highest BCUT2D eigenvalue weighted by Gasteiger charge is 2.24. The molecule has 0 aromatic heterocycles. The third-order valence-corrected chi connectivity index (χ3v) is 3.78. The lowest BCUT2D eigenvalue weighted by atomic mass is 9.94. The first kappa shape index (κ1) is 18.4. The predicted molar refractivity (Wildman–Crippen MR) is 98.0 cm³/mol. The highest BCUT2D eigenvalue weighted by Crippen LogP contribution is 2.22. The van der Waals surface area contributed by atoms with Gasteiger partial charge in [-0.15, -0.1) is 0 Å². The molecular formula is C21H29NO2. The summed E-state index contributed by atoms with van der Waals surface area (Å²) in [7, 11) is 0. The molecule has 0 saturated carbocycles. The van der Waals surface area contributed by atoms with E-state index in [1.54, 1.807) is 0 Å². The molecule has 1 aromatic rings. The van der Waals surface area contributed by atoms with Crippen LogP contribution in [0.15, 0.2) is 18.2 Å². The van der Waals surface area contributed by atoms with Gasteiger partial charge in [-0.25, -0.2) is 4.79 Å². The Morgan fingerprint density at radius 1 is 1.08 bits per heavy atom. The van der Waals surface area contributed by atoms with Crippen LogP contribution in [0.1, 0.15) is 58.2 Å². The first-order valence-electron chi connectivity index (χ1n) is 8.67. The molecule has 1 aliphatic rings. The van der Waals surface area contributed by atoms with Crippen molar-refractivity contribution < 1.29 is 9.53 Å². The van der Waals surface area contributed by atoms with Crippen LogP contribution in [0.5, 0.6) is 0 Å². The monoisotopic (exact) mass is 327 g/mol. The molecule has 0 saturated heterocycles. The summed E-state index contributed by atoms with van der Waals surface area (Å²) in [6.45, 7) is 13.4. The van der Waals surface area contributed by atoms with Crippen LogP contribution in [-0.4, -0.2) is 29.7 Å². The average molecular weight is 327 g/mol. The number of rotatable bonds is 0. The van der Waals surface area contributed by atoms with Gasteiger partial charge in [-0.1, -0.05) is 24.0 Å². The number of carbonyl (C=O) groups excluding carboxylic acids is 1. The topological polar surface area (TPSA) is 29.5 Å². The number of ether oxygens (including phenoxy) is 1. The van der Waals surface area contributed by atoms with Crippen molar-refractivity contribution >= 4 is 6.09 Å². The standard InChI is InChI=1S/C21H29NO2/c1-20(2,3)13-10-16-8-7-9-17-11-14-22(15-12-18(16)17)19(23)24-21(4,5)6/h7-9H,11-12,14-15H2,1-6H3. The second kappa shape index (κ2) is 6.89. The predicted octanol–water partition coefficient (Wildman–Crippen LogP) is 4.42. The van der Waals surface area contributed by atoms with E-state index in [1.807, 2.05) is 25.7 Å². The number of hydrogen-bond acceptors (Lipinski definition) is 2. The summed E-state index contributed by atoms with van der Waals surface area (Å²) >= 11 is 0. The summed E-state index contributed by atoms with van der Waals surface area (Å²) < 4.78 is 5.51. The van der Waals surface area contributed by atoms with Crippen molar-refractivity contribution in [2.45, 2.75) is 60.0 Å². The molecule has 0 spiro atoms. The van der Waals surface area contributed by atoms with Gasteiger partial charge in [-0.3, -0.25) is 0 Å². The van der Waals surface area contributed by atoms with Crippen molar-refractivity contribution in [1.29, 1.82) is 0 Å². The largest absolute Gasteiger partial charge is 0.444 e. The molecule has 3 heteroatoms. The van der Waals surface area contributed by atoms with Gasteiger partial charge >= 0.3 is 6.09 Å². The molecule has 3 nitrogen and oxygen atoms in total. The SMILES string of the molecule is CC(C)(C)C#Cc1cccc2c1CCN(C(=O)OC(C)(C)C)CC2. The highest BCUT2D eigenvalue weighted by molar-refractivity contribution is 5.68. The molecule has 0 fully saturated rings. The number of fused-ring (bicyclic) bond motifs is 1. The minimum atomic E-state index is -0.459. The van der Waals surface area contributed by atoms with Crippen LogP contribution in [-0.2, 0) is 17.6 Å². The fraction of sp³-hybridized carbons (Fsp3) is 0.571. The van der Waals surface area contributed by atoms with Crippen LogP contribution in [0.4, 0.5) is 4.79 Å². The Morgan fingerprint density at radius 3 is 2.38 bits per heavy atom. The lowest BCUT2D eigenvalue weighted by molar-refractivity contribution is 0.0258. The average Bonchev–Trinajstić information content (AvgIpc) is 2.65. The molecule has 0 aliphatic carbocycles. The van der Waals surface area contributed by atoms with E-state index in [1.165, 1.54) is 11.1 Å². The van der Waals surface area contributed by atoms with Crippen LogP contribution in [0.2, 0.25) is 0 Å². The maximum absolute atomic E-state index is 12.3. The van der Waals surface area contributed by atoms with Crippen molar-refractivity contribution in [2.24, 2.45) is 5.41 Å². The van der Waals surface area contributed by atoms with Gasteiger partial charge in [-0.2, -0.15) is 0 Å². The molecule has 1 heterocycles. The fourth-order valence-corrected chi connectivity index (χ4v) is 2.66. The van der Waals surface area contributed by atoms with E-state index < -0.39 is 5.60 Å². The van der Waals surface area contributed by atoms with Crippen molar-refractivity contribution in [2.75, 3.05) is 13.1 Å². The quantitative estimate of drug-likeness (QED) is 0.660. The van der Waals surface area contributed by atoms with Crippen LogP contribution in [0.3, 0.4) is 0 Å². The van der Waals surface area contributed by atoms with Gasteiger partial charge in [0, 0.05) is 24.1 Å². The van der Waals surface area contributed by atoms with Crippen LogP contribution < -0.4 is 0 Å². The maximum Gasteiger partial charge on any atom is 0.410 e. The molecule has 130 valence electrons. The Kier molecular flexibility index (Phi) is 5.28. The van der Waals surface area contributed by atoms with Crippen LogP contribution in [0.25, 0.3) is 0 Å². The van der Waals surface area contributed by atoms with E-state index in [4.69, 9.17) is 4.74 Å². The summed E-state index contributed by atoms with van der Waals surface area (Å²) in [6.07, 6.45) is 1.45. The Bertz CT molecular complexity index is 666. The first-order valence-corrected chi connectivity index (χ1v) is 8.67. The zero-order chi connectivity index (χ0) is 18.0. The number of hydrogen-bond donors (Lipinski definition) is 0. The third-order valence-electron chi connectivity index (χ3n) is 3.78. The summed E-state index contributed by atoms with van der Waals surface area (Å²) in [5.41, 5.74) is 3.19. The minimum Gasteiger partial charge on any atom is -0.444 e. The van der Waals surface area contributed by atoms with E-state index in [0.717, 1.165) is 18.4 Å². The molecule has 0 unspecified atom stereocenters. The smallest absolute Gasteiger partial charge is 0.410 e. The molecular weight excluding hydrogens is 298 g/mol. The highest BCUT2D eigenvalue weighted by atomic mass is 16.6. The van der Waals surface area contributed by atoms with E-state index >= 15 is 0 Å². The summed E-state index contributed by atoms with van der Waals surface area (Å²) in [6, 6.07) is 6.30. The molecule has 0 N–H and O–H groups in total. The van der Waals surface area contributed by atoms with Gasteiger partial charge in [0.15, 0.2) is 0 Å². The Hall–Kier alpha value is -1.95. The molecule has 0 bridgehead atoms. The van der Waals surface area contributed by atoms with E-state index in [2.05, 4.69) is 50.8 Å². The molecule has 1 aliphatic heterocycles. The molecule has 2 rings (SSSR count). The molecule has 1 amide bonds. The van der Waals surface area contributed by atoms with Crippen molar-refractivity contribution in [3.8, 4) is 11.8 Å². The molecule has 1 aromatic carbocycles. The summed E-state index contributed by atoms with van der Waals surface area (Å²) in [5, 5.41) is 0. The van der Waals surface area contributed by atoms with Gasteiger partial charge in [-0.05, 0) is 71.6 Å². The Labute approximate surface area is 146 Å². The molecule has 0 atom stereocenters. The lowest BCUT2D eigenvalue weighted by Gasteiger charge is -2.26. The van der Waals surface area contributed by atoms with Gasteiger partial charge in [0.2, 0.25) is 0 Å². The second-order valence-corrected chi connectivity index (χ2v) is 8.41. The lowest BCUT2D eigenvalue weighted by Crippen LogP contribution is -2.38. The maximum atomic E-state index is 12.3. The van der Waals surface area contributed by atoms with Crippen molar-refractivity contribution in [1.82, 2.24) is 4.90 Å². The number of carbonyl (C=O) groups is 1. The Balaban J connectivity index is 2.19. The minimum absolute atomic E-state index is 0.0179. The number of benzene rings is 1. The van der Waals surface area contributed by atoms with Gasteiger partial charge in [0.05, 0.1) is 0 Å². The summed E-state index contributed by atoms with van der Waals surface area (Å²) in [5.74, 6) is 6.66. The van der Waals surface area contributed by atoms with Crippen LogP contribution >= 0.6 is 0 Å². The third kappa shape index (κ3) is 5.30. The van der Waals surface area contributed by atoms with Crippen molar-refractivity contribution in [3.05, 3.63) is 34.9 Å². The van der Waals surface area contributed by atoms with Crippen LogP contribution in [0, 0.1) is 17.3 Å². The van der Waals surface area contributed by atoms with E-state index in [9.17, 15) is 4.79 Å². The van der Waals surface area contributed by atoms with Gasteiger partial charge < -0.3 is 9.64 Å². The second-order valence-electron chi connectivity index (χ2n) is 8.41. The number of amides is 1. The van der Waals surface area contributed by atoms with E-state index in [0.29, 0.717) is 13.1 Å². The summed E-state index contributed by atoms with van der Waals surface area (Å²) in [4.78, 5) is 14.1. The molecule has 0 radical (unpaired) electrons. The zero-order valence-corrected chi connectivity index (χ0v) is 15.8.